The second-order valence-corrected chi connectivity index (χ2v) is 7.40. The third-order valence-corrected chi connectivity index (χ3v) is 6.32. The van der Waals surface area contributed by atoms with Crippen molar-refractivity contribution in [3.05, 3.63) is 53.6 Å². The number of rotatable bonds is 1. The molecular weight excluding hydrogens is 284 g/mol. The number of aryl methyl sites for hydroxylation is 1. The average Bonchev–Trinajstić information content (AvgIpc) is 3.18. The fourth-order valence-corrected chi connectivity index (χ4v) is 5.11. The van der Waals surface area contributed by atoms with Gasteiger partial charge in [0.05, 0.1) is 7.11 Å². The smallest absolute Gasteiger partial charge is 0.169 e. The van der Waals surface area contributed by atoms with E-state index >= 15 is 0 Å². The minimum atomic E-state index is -0.112. The van der Waals surface area contributed by atoms with Crippen LogP contribution in [0, 0.1) is 17.3 Å². The summed E-state index contributed by atoms with van der Waals surface area (Å²) in [7, 11) is 1.68. The molecule has 3 atom stereocenters. The Labute approximate surface area is 136 Å². The number of carbonyl (C=O) groups excluding carboxylic acids is 1. The lowest BCUT2D eigenvalue weighted by Crippen LogP contribution is -2.39. The van der Waals surface area contributed by atoms with Crippen LogP contribution in [0.4, 0.5) is 0 Å². The van der Waals surface area contributed by atoms with Crippen molar-refractivity contribution in [2.24, 2.45) is 17.3 Å². The molecule has 3 unspecified atom stereocenters. The molecule has 1 spiro atoms. The van der Waals surface area contributed by atoms with E-state index in [-0.39, 0.29) is 5.41 Å². The van der Waals surface area contributed by atoms with Crippen molar-refractivity contribution in [1.29, 1.82) is 0 Å². The maximum atomic E-state index is 13.4. The maximum Gasteiger partial charge on any atom is 0.169 e. The summed E-state index contributed by atoms with van der Waals surface area (Å²) in [6.45, 7) is 0. The summed E-state index contributed by atoms with van der Waals surface area (Å²) in [4.78, 5) is 13.4. The van der Waals surface area contributed by atoms with Gasteiger partial charge >= 0.3 is 0 Å². The van der Waals surface area contributed by atoms with Gasteiger partial charge in [0.15, 0.2) is 5.78 Å². The fourth-order valence-electron chi connectivity index (χ4n) is 5.11. The van der Waals surface area contributed by atoms with Crippen LogP contribution in [0.1, 0.15) is 35.2 Å². The number of fused-ring (bicyclic) bond motifs is 5. The van der Waals surface area contributed by atoms with Gasteiger partial charge in [-0.2, -0.15) is 0 Å². The molecule has 1 saturated carbocycles. The van der Waals surface area contributed by atoms with Crippen LogP contribution < -0.4 is 4.74 Å². The molecule has 116 valence electrons. The molecule has 23 heavy (non-hydrogen) atoms. The highest BCUT2D eigenvalue weighted by Gasteiger charge is 2.54. The summed E-state index contributed by atoms with van der Waals surface area (Å²) in [5.41, 5.74) is 2.07. The second kappa shape index (κ2) is 4.47. The molecule has 2 aromatic rings. The van der Waals surface area contributed by atoms with E-state index in [1.54, 1.807) is 7.11 Å². The van der Waals surface area contributed by atoms with Crippen molar-refractivity contribution in [2.45, 2.75) is 25.7 Å². The fraction of sp³-hybridized carbons (Fsp3) is 0.381. The molecule has 0 aliphatic heterocycles. The van der Waals surface area contributed by atoms with Crippen LogP contribution in [0.5, 0.6) is 5.75 Å². The third-order valence-electron chi connectivity index (χ3n) is 6.32. The van der Waals surface area contributed by atoms with E-state index in [0.717, 1.165) is 36.0 Å². The molecule has 0 amide bonds. The standard InChI is InChI=1S/C21H20O2/c1-23-18-5-3-14-9-15-6-7-21(12-13-2-4-17(21)8-13)20(22)19(15)11-16(14)10-18/h2-5,9-11,13,17H,6-8,12H2,1H3. The number of allylic oxidation sites excluding steroid dienone is 2. The van der Waals surface area contributed by atoms with Crippen molar-refractivity contribution in [3.63, 3.8) is 0 Å². The lowest BCUT2D eigenvalue weighted by Gasteiger charge is -2.38. The molecule has 2 nitrogen and oxygen atoms in total. The predicted molar refractivity (Wildman–Crippen MR) is 90.9 cm³/mol. The minimum absolute atomic E-state index is 0.112. The van der Waals surface area contributed by atoms with E-state index in [9.17, 15) is 4.79 Å². The zero-order valence-corrected chi connectivity index (χ0v) is 13.3. The Morgan fingerprint density at radius 2 is 2.04 bits per heavy atom. The topological polar surface area (TPSA) is 26.3 Å². The number of ketones is 1. The highest BCUT2D eigenvalue weighted by molar-refractivity contribution is 6.06. The van der Waals surface area contributed by atoms with Crippen molar-refractivity contribution >= 4 is 16.6 Å². The lowest BCUT2D eigenvalue weighted by molar-refractivity contribution is 0.0703. The zero-order chi connectivity index (χ0) is 15.6. The molecule has 0 saturated heterocycles. The maximum absolute atomic E-state index is 13.4. The second-order valence-electron chi connectivity index (χ2n) is 7.40. The first-order valence-electron chi connectivity index (χ1n) is 8.53. The summed E-state index contributed by atoms with van der Waals surface area (Å²) < 4.78 is 5.33. The van der Waals surface area contributed by atoms with Crippen LogP contribution in [-0.4, -0.2) is 12.9 Å². The summed E-state index contributed by atoms with van der Waals surface area (Å²) in [6, 6.07) is 10.4. The van der Waals surface area contributed by atoms with Crippen LogP contribution in [-0.2, 0) is 6.42 Å². The van der Waals surface area contributed by atoms with Crippen LogP contribution in [0.15, 0.2) is 42.5 Å². The molecule has 2 aromatic carbocycles. The van der Waals surface area contributed by atoms with Gasteiger partial charge in [0.25, 0.3) is 0 Å². The van der Waals surface area contributed by atoms with E-state index in [4.69, 9.17) is 4.74 Å². The Hall–Kier alpha value is -2.09. The van der Waals surface area contributed by atoms with E-state index in [1.807, 2.05) is 12.1 Å². The molecule has 2 bridgehead atoms. The zero-order valence-electron chi connectivity index (χ0n) is 13.3. The monoisotopic (exact) mass is 304 g/mol. The Morgan fingerprint density at radius 3 is 2.78 bits per heavy atom. The van der Waals surface area contributed by atoms with E-state index in [2.05, 4.69) is 30.4 Å². The van der Waals surface area contributed by atoms with Gasteiger partial charge in [-0.3, -0.25) is 4.79 Å². The van der Waals surface area contributed by atoms with Gasteiger partial charge in [-0.1, -0.05) is 24.3 Å². The molecule has 3 aliphatic rings. The van der Waals surface area contributed by atoms with Crippen LogP contribution >= 0.6 is 0 Å². The predicted octanol–water partition coefficient (Wildman–Crippen LogP) is 4.56. The van der Waals surface area contributed by atoms with Gasteiger partial charge in [-0.15, -0.1) is 0 Å². The first-order chi connectivity index (χ1) is 11.2. The molecule has 2 heteroatoms. The summed E-state index contributed by atoms with van der Waals surface area (Å²) in [5.74, 6) is 2.33. The number of benzene rings is 2. The van der Waals surface area contributed by atoms with Gasteiger partial charge < -0.3 is 4.74 Å². The number of hydrogen-bond acceptors (Lipinski definition) is 2. The summed E-state index contributed by atoms with van der Waals surface area (Å²) in [6.07, 6.45) is 8.92. The van der Waals surface area contributed by atoms with Gasteiger partial charge in [-0.25, -0.2) is 0 Å². The molecule has 0 radical (unpaired) electrons. The highest BCUT2D eigenvalue weighted by Crippen LogP contribution is 2.57. The normalized spacial score (nSPS) is 31.1. The Bertz CT molecular complexity index is 864. The number of carbonyl (C=O) groups is 1. The summed E-state index contributed by atoms with van der Waals surface area (Å²) in [5, 5.41) is 2.30. The molecule has 0 heterocycles. The highest BCUT2D eigenvalue weighted by atomic mass is 16.5. The largest absolute Gasteiger partial charge is 0.497 e. The van der Waals surface area contributed by atoms with Gasteiger partial charge in [0.1, 0.15) is 5.75 Å². The van der Waals surface area contributed by atoms with Crippen molar-refractivity contribution in [2.75, 3.05) is 7.11 Å². The van der Waals surface area contributed by atoms with Gasteiger partial charge in [0, 0.05) is 11.0 Å². The van der Waals surface area contributed by atoms with E-state index < -0.39 is 0 Å². The van der Waals surface area contributed by atoms with Crippen molar-refractivity contribution in [1.82, 2.24) is 0 Å². The number of Topliss-reactive ketones (excluding diaryl/α,β-unsaturated/α-hetero) is 1. The molecule has 3 aliphatic carbocycles. The van der Waals surface area contributed by atoms with E-state index in [0.29, 0.717) is 17.6 Å². The van der Waals surface area contributed by atoms with Crippen LogP contribution in [0.2, 0.25) is 0 Å². The number of hydrogen-bond donors (Lipinski definition) is 0. The quantitative estimate of drug-likeness (QED) is 0.722. The van der Waals surface area contributed by atoms with Gasteiger partial charge in [0.2, 0.25) is 0 Å². The molecule has 5 rings (SSSR count). The van der Waals surface area contributed by atoms with Crippen LogP contribution in [0.3, 0.4) is 0 Å². The van der Waals surface area contributed by atoms with E-state index in [1.165, 1.54) is 17.4 Å². The average molecular weight is 304 g/mol. The lowest BCUT2D eigenvalue weighted by atomic mass is 9.63. The van der Waals surface area contributed by atoms with Crippen LogP contribution in [0.25, 0.3) is 10.8 Å². The Kier molecular flexibility index (Phi) is 2.60. The minimum Gasteiger partial charge on any atom is -0.497 e. The molecular formula is C21H20O2. The Morgan fingerprint density at radius 1 is 1.13 bits per heavy atom. The summed E-state index contributed by atoms with van der Waals surface area (Å²) >= 11 is 0. The number of ether oxygens (including phenoxy) is 1. The van der Waals surface area contributed by atoms with Crippen molar-refractivity contribution < 1.29 is 9.53 Å². The molecule has 0 aromatic heterocycles. The number of methoxy groups -OCH3 is 1. The first-order valence-corrected chi connectivity index (χ1v) is 8.53. The van der Waals surface area contributed by atoms with Gasteiger partial charge in [-0.05, 0) is 72.1 Å². The Balaban J connectivity index is 1.65. The first kappa shape index (κ1) is 13.4. The molecule has 1 fully saturated rings. The third kappa shape index (κ3) is 1.72. The molecule has 0 N–H and O–H groups in total. The van der Waals surface area contributed by atoms with Crippen molar-refractivity contribution in [3.8, 4) is 5.75 Å². The SMILES string of the molecule is COc1ccc2cc3c(cc2c1)C(=O)C1(CC3)CC2C=CC1C2.